The Hall–Kier alpha value is -1.72. The number of amides is 1. The minimum Gasteiger partial charge on any atom is -0.340 e. The van der Waals surface area contributed by atoms with Crippen molar-refractivity contribution in [2.45, 2.75) is 12.1 Å². The molecule has 0 fully saturated rings. The van der Waals surface area contributed by atoms with Crippen molar-refractivity contribution >= 4 is 12.2 Å². The van der Waals surface area contributed by atoms with Crippen molar-refractivity contribution in [2.75, 3.05) is 6.54 Å². The third kappa shape index (κ3) is 3.15. The fraction of sp³-hybridized carbons (Fsp3) is 0.273. The van der Waals surface area contributed by atoms with Gasteiger partial charge in [-0.25, -0.2) is 0 Å². The minimum atomic E-state index is -0.806. The highest BCUT2D eigenvalue weighted by Crippen LogP contribution is 2.09. The number of carbonyl (C=O) groups excluding carboxylic acids is 2. The molecule has 0 aromatic heterocycles. The lowest BCUT2D eigenvalue weighted by molar-refractivity contribution is -0.122. The van der Waals surface area contributed by atoms with Crippen LogP contribution in [-0.2, 0) is 9.59 Å². The Labute approximate surface area is 93.8 Å². The first-order valence-corrected chi connectivity index (χ1v) is 4.87. The molecule has 0 aliphatic heterocycles. The lowest BCUT2D eigenvalue weighted by atomic mass is 10.1. The summed E-state index contributed by atoms with van der Waals surface area (Å²) in [6.45, 7) is 0.0339. The molecule has 1 aromatic carbocycles. The Morgan fingerprint density at radius 3 is 2.50 bits per heavy atom. The largest absolute Gasteiger partial charge is 0.340 e. The van der Waals surface area contributed by atoms with Gasteiger partial charge in [0.2, 0.25) is 12.2 Å². The molecule has 1 amide bonds. The molecule has 5 nitrogen and oxygen atoms in total. The molecular formula is C11H14N3O2. The van der Waals surface area contributed by atoms with Crippen LogP contribution in [0.25, 0.3) is 0 Å². The molecule has 0 aliphatic carbocycles. The molecule has 5 heteroatoms. The maximum atomic E-state index is 11.4. The van der Waals surface area contributed by atoms with Crippen molar-refractivity contribution in [1.29, 1.82) is 0 Å². The summed E-state index contributed by atoms with van der Waals surface area (Å²) in [4.78, 5) is 22.2. The molecular weight excluding hydrogens is 206 g/mol. The lowest BCUT2D eigenvalue weighted by Crippen LogP contribution is -2.46. The van der Waals surface area contributed by atoms with Crippen LogP contribution >= 0.6 is 0 Å². The Morgan fingerprint density at radius 1 is 1.38 bits per heavy atom. The molecule has 16 heavy (non-hydrogen) atoms. The van der Waals surface area contributed by atoms with E-state index in [1.54, 1.807) is 30.6 Å². The molecule has 2 unspecified atom stereocenters. The maximum absolute atomic E-state index is 11.4. The van der Waals surface area contributed by atoms with Crippen LogP contribution in [0.1, 0.15) is 11.6 Å². The van der Waals surface area contributed by atoms with Crippen LogP contribution in [0.15, 0.2) is 30.3 Å². The summed E-state index contributed by atoms with van der Waals surface area (Å²) in [7, 11) is 0. The minimum absolute atomic E-state index is 0.0339. The van der Waals surface area contributed by atoms with Crippen LogP contribution < -0.4 is 16.8 Å². The van der Waals surface area contributed by atoms with E-state index >= 15 is 0 Å². The SMILES string of the molecule is NCC(N)C(=O)NC([C]=O)c1ccccc1. The number of nitrogens with one attached hydrogen (secondary N) is 1. The van der Waals surface area contributed by atoms with Gasteiger partial charge in [-0.1, -0.05) is 30.3 Å². The number of carbonyl (C=O) groups is 1. The number of benzene rings is 1. The summed E-state index contributed by atoms with van der Waals surface area (Å²) in [5.74, 6) is -0.459. The van der Waals surface area contributed by atoms with Crippen molar-refractivity contribution in [1.82, 2.24) is 5.32 Å². The van der Waals surface area contributed by atoms with Gasteiger partial charge in [0.15, 0.2) is 0 Å². The standard InChI is InChI=1S/C11H14N3O2/c12-6-9(13)11(16)14-10(7-15)8-4-2-1-3-5-8/h1-5,9-10H,6,12-13H2,(H,14,16). The molecule has 0 heterocycles. The van der Waals surface area contributed by atoms with Crippen molar-refractivity contribution in [3.63, 3.8) is 0 Å². The van der Waals surface area contributed by atoms with E-state index in [9.17, 15) is 9.59 Å². The normalized spacial score (nSPS) is 13.9. The molecule has 85 valence electrons. The average molecular weight is 220 g/mol. The second-order valence-electron chi connectivity index (χ2n) is 3.31. The van der Waals surface area contributed by atoms with Crippen molar-refractivity contribution in [3.8, 4) is 0 Å². The van der Waals surface area contributed by atoms with Crippen LogP contribution in [-0.4, -0.2) is 24.8 Å². The highest BCUT2D eigenvalue weighted by atomic mass is 16.2. The highest BCUT2D eigenvalue weighted by Gasteiger charge is 2.18. The molecule has 0 spiro atoms. The summed E-state index contributed by atoms with van der Waals surface area (Å²) in [6, 6.07) is 7.21. The number of rotatable bonds is 5. The summed E-state index contributed by atoms with van der Waals surface area (Å²) in [6.07, 6.45) is 1.75. The summed E-state index contributed by atoms with van der Waals surface area (Å²) in [5.41, 5.74) is 11.3. The molecule has 1 aromatic rings. The zero-order valence-corrected chi connectivity index (χ0v) is 8.72. The van der Waals surface area contributed by atoms with Crippen LogP contribution in [0.2, 0.25) is 0 Å². The van der Waals surface area contributed by atoms with Crippen molar-refractivity contribution < 1.29 is 9.59 Å². The van der Waals surface area contributed by atoms with E-state index in [1.165, 1.54) is 0 Å². The topological polar surface area (TPSA) is 98.2 Å². The second-order valence-corrected chi connectivity index (χ2v) is 3.31. The smallest absolute Gasteiger partial charge is 0.239 e. The van der Waals surface area contributed by atoms with Gasteiger partial charge in [-0.05, 0) is 5.56 Å². The molecule has 1 rings (SSSR count). The molecule has 0 saturated carbocycles. The van der Waals surface area contributed by atoms with Crippen LogP contribution in [0, 0.1) is 0 Å². The maximum Gasteiger partial charge on any atom is 0.239 e. The van der Waals surface area contributed by atoms with E-state index in [2.05, 4.69) is 5.32 Å². The first kappa shape index (κ1) is 12.4. The summed E-state index contributed by atoms with van der Waals surface area (Å²) >= 11 is 0. The van der Waals surface area contributed by atoms with E-state index in [1.807, 2.05) is 6.07 Å². The average Bonchev–Trinajstić information content (AvgIpc) is 2.35. The van der Waals surface area contributed by atoms with Gasteiger partial charge in [0.05, 0.1) is 6.04 Å². The first-order chi connectivity index (χ1) is 7.69. The lowest BCUT2D eigenvalue weighted by Gasteiger charge is -2.15. The zero-order valence-electron chi connectivity index (χ0n) is 8.72. The van der Waals surface area contributed by atoms with Gasteiger partial charge >= 0.3 is 0 Å². The monoisotopic (exact) mass is 220 g/mol. The Balaban J connectivity index is 2.70. The van der Waals surface area contributed by atoms with Crippen LogP contribution in [0.4, 0.5) is 0 Å². The molecule has 0 aliphatic rings. The summed E-state index contributed by atoms with van der Waals surface area (Å²) in [5, 5.41) is 2.47. The fourth-order valence-corrected chi connectivity index (χ4v) is 1.18. The van der Waals surface area contributed by atoms with Gasteiger partial charge in [0.25, 0.3) is 0 Å². The zero-order chi connectivity index (χ0) is 12.0. The molecule has 0 saturated heterocycles. The van der Waals surface area contributed by atoms with Gasteiger partial charge in [-0.2, -0.15) is 0 Å². The van der Waals surface area contributed by atoms with Gasteiger partial charge in [0, 0.05) is 6.54 Å². The van der Waals surface area contributed by atoms with Crippen molar-refractivity contribution in [2.24, 2.45) is 11.5 Å². The van der Waals surface area contributed by atoms with Gasteiger partial charge in [-0.15, -0.1) is 0 Å². The number of hydrogen-bond donors (Lipinski definition) is 3. The van der Waals surface area contributed by atoms with Gasteiger partial charge in [-0.3, -0.25) is 9.59 Å². The highest BCUT2D eigenvalue weighted by molar-refractivity contribution is 5.84. The predicted octanol–water partition coefficient (Wildman–Crippen LogP) is -0.760. The van der Waals surface area contributed by atoms with Crippen LogP contribution in [0.3, 0.4) is 0 Å². The first-order valence-electron chi connectivity index (χ1n) is 4.87. The molecule has 2 atom stereocenters. The fourth-order valence-electron chi connectivity index (χ4n) is 1.18. The van der Waals surface area contributed by atoms with E-state index in [0.717, 1.165) is 0 Å². The van der Waals surface area contributed by atoms with E-state index in [0.29, 0.717) is 5.56 Å². The molecule has 5 N–H and O–H groups in total. The third-order valence-corrected chi connectivity index (χ3v) is 2.13. The predicted molar refractivity (Wildman–Crippen MR) is 60.0 cm³/mol. The Kier molecular flexibility index (Phi) is 4.63. The third-order valence-electron chi connectivity index (χ3n) is 2.13. The van der Waals surface area contributed by atoms with Gasteiger partial charge < -0.3 is 16.8 Å². The van der Waals surface area contributed by atoms with Crippen molar-refractivity contribution in [3.05, 3.63) is 35.9 Å². The summed E-state index contributed by atoms with van der Waals surface area (Å²) < 4.78 is 0. The molecule has 1 radical (unpaired) electrons. The Morgan fingerprint density at radius 2 is 2.00 bits per heavy atom. The Bertz CT molecular complexity index is 354. The number of hydrogen-bond acceptors (Lipinski definition) is 4. The van der Waals surface area contributed by atoms with E-state index in [-0.39, 0.29) is 6.54 Å². The molecule has 0 bridgehead atoms. The number of nitrogens with two attached hydrogens (primary N) is 2. The van der Waals surface area contributed by atoms with E-state index in [4.69, 9.17) is 11.5 Å². The van der Waals surface area contributed by atoms with Crippen LogP contribution in [0.5, 0.6) is 0 Å². The van der Waals surface area contributed by atoms with E-state index < -0.39 is 18.0 Å². The van der Waals surface area contributed by atoms with Gasteiger partial charge in [0.1, 0.15) is 6.04 Å². The quantitative estimate of drug-likeness (QED) is 0.607. The second kappa shape index (κ2) is 5.99.